The Morgan fingerprint density at radius 1 is 1.53 bits per heavy atom. The summed E-state index contributed by atoms with van der Waals surface area (Å²) in [5.74, 6) is 0.0213. The molecule has 17 heavy (non-hydrogen) atoms. The Labute approximate surface area is 101 Å². The Bertz CT molecular complexity index is 364. The second kappa shape index (κ2) is 5.98. The quantitative estimate of drug-likeness (QED) is 0.853. The lowest BCUT2D eigenvalue weighted by Gasteiger charge is -2.13. The fraction of sp³-hybridized carbons (Fsp3) is 0.538. The molecule has 3 nitrogen and oxygen atoms in total. The molecular weight excluding hydrogens is 221 g/mol. The summed E-state index contributed by atoms with van der Waals surface area (Å²) in [7, 11) is 0. The molecule has 1 fully saturated rings. The van der Waals surface area contributed by atoms with Crippen molar-refractivity contribution in [2.24, 2.45) is 0 Å². The van der Waals surface area contributed by atoms with E-state index in [-0.39, 0.29) is 11.9 Å². The zero-order chi connectivity index (χ0) is 12.1. The molecule has 1 aromatic rings. The van der Waals surface area contributed by atoms with Crippen molar-refractivity contribution in [3.05, 3.63) is 29.6 Å². The lowest BCUT2D eigenvalue weighted by Crippen LogP contribution is -2.17. The summed E-state index contributed by atoms with van der Waals surface area (Å²) < 4.78 is 24.5. The lowest BCUT2D eigenvalue weighted by molar-refractivity contribution is 0.138. The largest absolute Gasteiger partial charge is 0.485 e. The van der Waals surface area contributed by atoms with Gasteiger partial charge in [-0.15, -0.1) is 0 Å². The van der Waals surface area contributed by atoms with Crippen molar-refractivity contribution in [3.8, 4) is 5.75 Å². The van der Waals surface area contributed by atoms with Gasteiger partial charge in [0.1, 0.15) is 6.10 Å². The van der Waals surface area contributed by atoms with Crippen LogP contribution in [0.15, 0.2) is 18.2 Å². The Morgan fingerprint density at radius 2 is 2.41 bits per heavy atom. The highest BCUT2D eigenvalue weighted by Crippen LogP contribution is 2.21. The van der Waals surface area contributed by atoms with Crippen LogP contribution in [0.3, 0.4) is 0 Å². The molecule has 0 bridgehead atoms. The van der Waals surface area contributed by atoms with Gasteiger partial charge in [-0.05, 0) is 24.2 Å². The van der Waals surface area contributed by atoms with Gasteiger partial charge in [-0.25, -0.2) is 4.39 Å². The minimum absolute atomic E-state index is 0.0101. The molecule has 0 spiro atoms. The van der Waals surface area contributed by atoms with E-state index < -0.39 is 0 Å². The van der Waals surface area contributed by atoms with Crippen LogP contribution in [0.4, 0.5) is 4.39 Å². The van der Waals surface area contributed by atoms with Crippen molar-refractivity contribution in [2.75, 3.05) is 19.8 Å². The first-order chi connectivity index (χ1) is 8.29. The molecule has 94 valence electrons. The predicted octanol–water partition coefficient (Wildman–Crippen LogP) is 2.10. The van der Waals surface area contributed by atoms with Crippen molar-refractivity contribution in [3.63, 3.8) is 0 Å². The fourth-order valence-corrected chi connectivity index (χ4v) is 1.80. The van der Waals surface area contributed by atoms with E-state index in [4.69, 9.17) is 9.47 Å². The number of hydrogen-bond acceptors (Lipinski definition) is 3. The molecule has 0 saturated carbocycles. The number of rotatable bonds is 5. The first-order valence-electron chi connectivity index (χ1n) is 6.03. The second-order valence-corrected chi connectivity index (χ2v) is 4.15. The molecule has 0 aliphatic carbocycles. The topological polar surface area (TPSA) is 30.5 Å². The number of benzene rings is 1. The molecule has 1 aromatic carbocycles. The summed E-state index contributed by atoms with van der Waals surface area (Å²) in [6.45, 7) is 4.83. The first kappa shape index (κ1) is 12.3. The van der Waals surface area contributed by atoms with Gasteiger partial charge in [-0.2, -0.15) is 0 Å². The maximum absolute atomic E-state index is 13.7. The third kappa shape index (κ3) is 3.41. The van der Waals surface area contributed by atoms with Crippen molar-refractivity contribution in [1.82, 2.24) is 5.32 Å². The maximum atomic E-state index is 13.7. The van der Waals surface area contributed by atoms with Crippen LogP contribution < -0.4 is 10.1 Å². The minimum atomic E-state index is -0.299. The van der Waals surface area contributed by atoms with Gasteiger partial charge in [0.25, 0.3) is 0 Å². The Kier molecular flexibility index (Phi) is 4.34. The summed E-state index contributed by atoms with van der Waals surface area (Å²) in [5, 5.41) is 3.16. The standard InChI is InChI=1S/C13H18FNO2/c1-2-15-8-10-3-4-13(12(14)7-10)17-11-5-6-16-9-11/h3-4,7,11,15H,2,5-6,8-9H2,1H3. The fourth-order valence-electron chi connectivity index (χ4n) is 1.80. The van der Waals surface area contributed by atoms with E-state index in [1.54, 1.807) is 6.07 Å². The average Bonchev–Trinajstić information content (AvgIpc) is 2.82. The minimum Gasteiger partial charge on any atom is -0.485 e. The molecule has 1 N–H and O–H groups in total. The summed E-state index contributed by atoms with van der Waals surface area (Å²) in [6.07, 6.45) is 0.822. The van der Waals surface area contributed by atoms with E-state index in [1.165, 1.54) is 6.07 Å². The van der Waals surface area contributed by atoms with Crippen LogP contribution in [0, 0.1) is 5.82 Å². The Morgan fingerprint density at radius 3 is 3.06 bits per heavy atom. The normalized spacial score (nSPS) is 19.5. The van der Waals surface area contributed by atoms with Crippen LogP contribution in [0.2, 0.25) is 0 Å². The zero-order valence-corrected chi connectivity index (χ0v) is 10.0. The van der Waals surface area contributed by atoms with Crippen LogP contribution in [-0.4, -0.2) is 25.9 Å². The SMILES string of the molecule is CCNCc1ccc(OC2CCOC2)c(F)c1. The van der Waals surface area contributed by atoms with Gasteiger partial charge < -0.3 is 14.8 Å². The third-order valence-corrected chi connectivity index (χ3v) is 2.76. The Hall–Kier alpha value is -1.13. The smallest absolute Gasteiger partial charge is 0.165 e. The highest BCUT2D eigenvalue weighted by molar-refractivity contribution is 5.29. The van der Waals surface area contributed by atoms with E-state index in [9.17, 15) is 4.39 Å². The number of ether oxygens (including phenoxy) is 2. The van der Waals surface area contributed by atoms with E-state index in [0.717, 1.165) is 18.5 Å². The summed E-state index contributed by atoms with van der Waals surface area (Å²) in [6, 6.07) is 5.10. The number of hydrogen-bond donors (Lipinski definition) is 1. The molecule has 0 amide bonds. The molecule has 4 heteroatoms. The highest BCUT2D eigenvalue weighted by Gasteiger charge is 2.18. The van der Waals surface area contributed by atoms with Gasteiger partial charge in [-0.1, -0.05) is 13.0 Å². The molecule has 1 atom stereocenters. The van der Waals surface area contributed by atoms with Gasteiger partial charge in [0.2, 0.25) is 0 Å². The predicted molar refractivity (Wildman–Crippen MR) is 63.6 cm³/mol. The molecule has 1 heterocycles. The highest BCUT2D eigenvalue weighted by atomic mass is 19.1. The number of nitrogens with one attached hydrogen (secondary N) is 1. The average molecular weight is 239 g/mol. The van der Waals surface area contributed by atoms with E-state index in [2.05, 4.69) is 5.32 Å². The molecule has 0 radical (unpaired) electrons. The zero-order valence-electron chi connectivity index (χ0n) is 10.0. The van der Waals surface area contributed by atoms with E-state index in [0.29, 0.717) is 25.5 Å². The number of halogens is 1. The maximum Gasteiger partial charge on any atom is 0.165 e. The van der Waals surface area contributed by atoms with Crippen molar-refractivity contribution >= 4 is 0 Å². The molecule has 1 aliphatic heterocycles. The van der Waals surface area contributed by atoms with Gasteiger partial charge in [0.15, 0.2) is 11.6 Å². The summed E-state index contributed by atoms with van der Waals surface area (Å²) in [4.78, 5) is 0. The van der Waals surface area contributed by atoms with Gasteiger partial charge >= 0.3 is 0 Å². The van der Waals surface area contributed by atoms with Gasteiger partial charge in [-0.3, -0.25) is 0 Å². The van der Waals surface area contributed by atoms with Crippen molar-refractivity contribution in [2.45, 2.75) is 26.0 Å². The molecule has 0 aromatic heterocycles. The van der Waals surface area contributed by atoms with Gasteiger partial charge in [0, 0.05) is 13.0 Å². The third-order valence-electron chi connectivity index (χ3n) is 2.76. The van der Waals surface area contributed by atoms with Crippen LogP contribution in [-0.2, 0) is 11.3 Å². The van der Waals surface area contributed by atoms with Crippen LogP contribution in [0.5, 0.6) is 5.75 Å². The molecule has 2 rings (SSSR count). The molecule has 1 aliphatic rings. The molecule has 1 unspecified atom stereocenters. The molecular formula is C13H18FNO2. The second-order valence-electron chi connectivity index (χ2n) is 4.15. The van der Waals surface area contributed by atoms with Gasteiger partial charge in [0.05, 0.1) is 13.2 Å². The van der Waals surface area contributed by atoms with Crippen LogP contribution in [0.1, 0.15) is 18.9 Å². The van der Waals surface area contributed by atoms with Crippen molar-refractivity contribution < 1.29 is 13.9 Å². The van der Waals surface area contributed by atoms with E-state index in [1.807, 2.05) is 13.0 Å². The Balaban J connectivity index is 1.98. The first-order valence-corrected chi connectivity index (χ1v) is 6.03. The van der Waals surface area contributed by atoms with E-state index >= 15 is 0 Å². The van der Waals surface area contributed by atoms with Crippen molar-refractivity contribution in [1.29, 1.82) is 0 Å². The summed E-state index contributed by atoms with van der Waals surface area (Å²) >= 11 is 0. The lowest BCUT2D eigenvalue weighted by atomic mass is 10.2. The van der Waals surface area contributed by atoms with Crippen LogP contribution >= 0.6 is 0 Å². The summed E-state index contributed by atoms with van der Waals surface area (Å²) in [5.41, 5.74) is 0.930. The van der Waals surface area contributed by atoms with Crippen LogP contribution in [0.25, 0.3) is 0 Å². The monoisotopic (exact) mass is 239 g/mol. The molecule has 1 saturated heterocycles.